The Morgan fingerprint density at radius 3 is 2.48 bits per heavy atom. The van der Waals surface area contributed by atoms with Crippen LogP contribution in [0.3, 0.4) is 0 Å². The number of carbonyl (C=O) groups excluding carboxylic acids is 1. The van der Waals surface area contributed by atoms with Gasteiger partial charge in [-0.1, -0.05) is 0 Å². The number of nitrogens with one attached hydrogen (secondary N) is 1. The minimum Gasteiger partial charge on any atom is -0.478 e. The Balaban J connectivity index is 1.47. The fourth-order valence-corrected chi connectivity index (χ4v) is 4.66. The second kappa shape index (κ2) is 4.29. The fourth-order valence-electron chi connectivity index (χ4n) is 4.66. The Morgan fingerprint density at radius 2 is 1.90 bits per heavy atom. The molecule has 0 spiro atoms. The second-order valence-electron chi connectivity index (χ2n) is 6.62. The molecule has 1 aromatic heterocycles. The van der Waals surface area contributed by atoms with Crippen molar-refractivity contribution in [3.8, 4) is 0 Å². The molecule has 2 N–H and O–H groups in total. The highest BCUT2D eigenvalue weighted by Crippen LogP contribution is 2.65. The van der Waals surface area contributed by atoms with E-state index in [1.165, 1.54) is 31.4 Å². The normalized spacial score (nSPS) is 35.4. The summed E-state index contributed by atoms with van der Waals surface area (Å²) in [5.74, 6) is 1.82. The SMILES string of the molecule is Cc1nc(C(=O)NC2C3C4CCC(C4)C23)ccc1C(=O)O. The van der Waals surface area contributed by atoms with E-state index in [0.717, 1.165) is 11.8 Å². The number of hydrogen-bond acceptors (Lipinski definition) is 3. The smallest absolute Gasteiger partial charge is 0.337 e. The zero-order valence-electron chi connectivity index (χ0n) is 11.9. The summed E-state index contributed by atoms with van der Waals surface area (Å²) < 4.78 is 0. The zero-order chi connectivity index (χ0) is 14.7. The molecule has 2 bridgehead atoms. The number of aryl methyl sites for hydroxylation is 1. The number of pyridine rings is 1. The molecule has 0 saturated heterocycles. The molecule has 1 heterocycles. The van der Waals surface area contributed by atoms with Gasteiger partial charge in [0.05, 0.1) is 11.3 Å². The highest BCUT2D eigenvalue weighted by atomic mass is 16.4. The average molecular weight is 286 g/mol. The van der Waals surface area contributed by atoms with Crippen LogP contribution >= 0.6 is 0 Å². The second-order valence-corrected chi connectivity index (χ2v) is 6.62. The zero-order valence-corrected chi connectivity index (χ0v) is 11.9. The number of aromatic carboxylic acids is 1. The molecular formula is C16H18N2O3. The van der Waals surface area contributed by atoms with Crippen molar-refractivity contribution >= 4 is 11.9 Å². The predicted octanol–water partition coefficient (Wildman–Crippen LogP) is 1.86. The van der Waals surface area contributed by atoms with Crippen molar-refractivity contribution < 1.29 is 14.7 Å². The van der Waals surface area contributed by atoms with Crippen LogP contribution in [0, 0.1) is 30.6 Å². The number of nitrogens with zero attached hydrogens (tertiary/aromatic N) is 1. The molecule has 4 atom stereocenters. The number of hydrogen-bond donors (Lipinski definition) is 2. The van der Waals surface area contributed by atoms with Crippen LogP contribution in [0.4, 0.5) is 0 Å². The molecule has 0 aromatic carbocycles. The molecule has 21 heavy (non-hydrogen) atoms. The molecule has 3 aliphatic rings. The van der Waals surface area contributed by atoms with Crippen LogP contribution in [0.25, 0.3) is 0 Å². The van der Waals surface area contributed by atoms with Crippen molar-refractivity contribution in [1.29, 1.82) is 0 Å². The van der Waals surface area contributed by atoms with Crippen LogP contribution in [0.1, 0.15) is 45.8 Å². The lowest BCUT2D eigenvalue weighted by Gasteiger charge is -2.11. The van der Waals surface area contributed by atoms with Crippen molar-refractivity contribution in [2.24, 2.45) is 23.7 Å². The maximum absolute atomic E-state index is 12.3. The van der Waals surface area contributed by atoms with Crippen LogP contribution < -0.4 is 5.32 Å². The third kappa shape index (κ3) is 1.87. The first-order chi connectivity index (χ1) is 10.1. The van der Waals surface area contributed by atoms with Crippen molar-refractivity contribution in [2.75, 3.05) is 0 Å². The van der Waals surface area contributed by atoms with Gasteiger partial charge in [-0.3, -0.25) is 4.79 Å². The summed E-state index contributed by atoms with van der Waals surface area (Å²) in [5, 5.41) is 12.1. The van der Waals surface area contributed by atoms with Gasteiger partial charge in [0.15, 0.2) is 0 Å². The largest absolute Gasteiger partial charge is 0.478 e. The van der Waals surface area contributed by atoms with Gasteiger partial charge in [0.25, 0.3) is 5.91 Å². The molecule has 0 radical (unpaired) electrons. The van der Waals surface area contributed by atoms with Crippen molar-refractivity contribution in [1.82, 2.24) is 10.3 Å². The van der Waals surface area contributed by atoms with E-state index >= 15 is 0 Å². The lowest BCUT2D eigenvalue weighted by molar-refractivity contribution is 0.0694. The Morgan fingerprint density at radius 1 is 1.24 bits per heavy atom. The Labute approximate surface area is 122 Å². The van der Waals surface area contributed by atoms with E-state index < -0.39 is 5.97 Å². The molecule has 3 aliphatic carbocycles. The van der Waals surface area contributed by atoms with E-state index in [1.54, 1.807) is 6.92 Å². The number of fused-ring (bicyclic) bond motifs is 5. The number of rotatable bonds is 3. The lowest BCUT2D eigenvalue weighted by Crippen LogP contribution is -2.30. The van der Waals surface area contributed by atoms with Crippen LogP contribution in [0.15, 0.2) is 12.1 Å². The van der Waals surface area contributed by atoms with E-state index in [9.17, 15) is 9.59 Å². The van der Waals surface area contributed by atoms with Crippen molar-refractivity contribution in [3.05, 3.63) is 29.1 Å². The Bertz CT molecular complexity index is 626. The molecule has 0 aliphatic heterocycles. The number of carboxylic acid groups (broad SMARTS) is 1. The molecule has 3 fully saturated rings. The summed E-state index contributed by atoms with van der Waals surface area (Å²) >= 11 is 0. The Kier molecular flexibility index (Phi) is 2.62. The van der Waals surface area contributed by atoms with Crippen molar-refractivity contribution in [3.63, 3.8) is 0 Å². The van der Waals surface area contributed by atoms with Crippen LogP contribution in [-0.2, 0) is 0 Å². The first-order valence-electron chi connectivity index (χ1n) is 7.58. The van der Waals surface area contributed by atoms with E-state index in [4.69, 9.17) is 5.11 Å². The maximum atomic E-state index is 12.3. The summed E-state index contributed by atoms with van der Waals surface area (Å²) in [6, 6.07) is 3.28. The number of carboxylic acids is 1. The van der Waals surface area contributed by atoms with E-state index in [1.807, 2.05) is 0 Å². The van der Waals surface area contributed by atoms with Crippen molar-refractivity contribution in [2.45, 2.75) is 32.2 Å². The van der Waals surface area contributed by atoms with Gasteiger partial charge in [0.2, 0.25) is 0 Å². The standard InChI is InChI=1S/C16H18N2O3/c1-7-10(16(20)21)4-5-11(17-7)15(19)18-14-12-8-2-3-9(6-8)13(12)14/h4-5,8-9,12-14H,2-3,6H2,1H3,(H,18,19)(H,20,21). The van der Waals surface area contributed by atoms with Gasteiger partial charge >= 0.3 is 5.97 Å². The quantitative estimate of drug-likeness (QED) is 0.889. The monoisotopic (exact) mass is 286 g/mol. The average Bonchev–Trinajstić information content (AvgIpc) is 2.83. The Hall–Kier alpha value is -1.91. The third-order valence-electron chi connectivity index (χ3n) is 5.58. The minimum atomic E-state index is -1.01. The summed E-state index contributed by atoms with van der Waals surface area (Å²) in [6.07, 6.45) is 4.00. The predicted molar refractivity (Wildman–Crippen MR) is 75.0 cm³/mol. The summed E-state index contributed by atoms with van der Waals surface area (Å²) in [6.45, 7) is 1.62. The molecule has 1 amide bonds. The number of aromatic nitrogens is 1. The van der Waals surface area contributed by atoms with E-state index in [2.05, 4.69) is 10.3 Å². The lowest BCUT2D eigenvalue weighted by atomic mass is 10.0. The molecule has 5 heteroatoms. The summed E-state index contributed by atoms with van der Waals surface area (Å²) in [7, 11) is 0. The molecular weight excluding hydrogens is 268 g/mol. The van der Waals surface area contributed by atoms with Gasteiger partial charge in [0.1, 0.15) is 5.69 Å². The molecule has 110 valence electrons. The van der Waals surface area contributed by atoms with Crippen LogP contribution in [0.2, 0.25) is 0 Å². The van der Waals surface area contributed by atoms with Gasteiger partial charge in [0, 0.05) is 6.04 Å². The van der Waals surface area contributed by atoms with E-state index in [-0.39, 0.29) is 11.5 Å². The summed E-state index contributed by atoms with van der Waals surface area (Å²) in [4.78, 5) is 27.4. The molecule has 3 saturated carbocycles. The maximum Gasteiger partial charge on any atom is 0.337 e. The fraction of sp³-hybridized carbons (Fsp3) is 0.562. The minimum absolute atomic E-state index is 0.146. The molecule has 5 nitrogen and oxygen atoms in total. The first kappa shape index (κ1) is 12.8. The molecule has 4 unspecified atom stereocenters. The first-order valence-corrected chi connectivity index (χ1v) is 7.58. The summed E-state index contributed by atoms with van der Waals surface area (Å²) in [5.41, 5.74) is 0.842. The van der Waals surface area contributed by atoms with Gasteiger partial charge < -0.3 is 10.4 Å². The van der Waals surface area contributed by atoms with Crippen LogP contribution in [-0.4, -0.2) is 28.0 Å². The number of amides is 1. The molecule has 4 rings (SSSR count). The highest BCUT2D eigenvalue weighted by Gasteiger charge is 2.65. The topological polar surface area (TPSA) is 79.3 Å². The van der Waals surface area contributed by atoms with E-state index in [0.29, 0.717) is 29.3 Å². The van der Waals surface area contributed by atoms with Gasteiger partial charge in [-0.05, 0) is 62.0 Å². The molecule has 1 aromatic rings. The van der Waals surface area contributed by atoms with Gasteiger partial charge in [-0.25, -0.2) is 9.78 Å². The van der Waals surface area contributed by atoms with Gasteiger partial charge in [-0.15, -0.1) is 0 Å². The third-order valence-corrected chi connectivity index (χ3v) is 5.58. The highest BCUT2D eigenvalue weighted by molar-refractivity contribution is 5.94. The van der Waals surface area contributed by atoms with Crippen LogP contribution in [0.5, 0.6) is 0 Å². The van der Waals surface area contributed by atoms with Gasteiger partial charge in [-0.2, -0.15) is 0 Å². The number of carbonyl (C=O) groups is 2.